The van der Waals surface area contributed by atoms with Crippen LogP contribution < -0.4 is 10.5 Å². The predicted octanol–water partition coefficient (Wildman–Crippen LogP) is 2.77. The van der Waals surface area contributed by atoms with Gasteiger partial charge in [0.1, 0.15) is 6.54 Å². The first-order chi connectivity index (χ1) is 13.7. The molecule has 1 unspecified atom stereocenters. The third-order valence-electron chi connectivity index (χ3n) is 6.10. The molecule has 3 atom stereocenters. The monoisotopic (exact) mass is 392 g/mol. The van der Waals surface area contributed by atoms with Crippen LogP contribution in [-0.2, 0) is 13.1 Å². The van der Waals surface area contributed by atoms with Gasteiger partial charge in [0, 0.05) is 46.9 Å². The molecule has 1 N–H and O–H groups in total. The standard InChI is InChI=1S/C23H22ClN3O/c24-19-6-4-17(5-7-19)21-8-9-22(28)27-13-16-11-18(23(21)27)14-26(12-16)15-20-3-1-2-10-25-20/h1-10,16,18H,11-15H2/p+1/t16-,18+/m0/s1. The minimum Gasteiger partial charge on any atom is -0.329 e. The minimum absolute atomic E-state index is 0.121. The Bertz CT molecular complexity index is 1050. The zero-order valence-corrected chi connectivity index (χ0v) is 16.4. The van der Waals surface area contributed by atoms with Gasteiger partial charge < -0.3 is 9.47 Å². The van der Waals surface area contributed by atoms with Gasteiger partial charge in [-0.15, -0.1) is 0 Å². The summed E-state index contributed by atoms with van der Waals surface area (Å²) in [7, 11) is 0. The summed E-state index contributed by atoms with van der Waals surface area (Å²) in [5.41, 5.74) is 4.75. The molecule has 0 spiro atoms. The Kier molecular flexibility index (Phi) is 4.53. The van der Waals surface area contributed by atoms with Crippen molar-refractivity contribution >= 4 is 11.6 Å². The van der Waals surface area contributed by atoms with E-state index in [1.807, 2.05) is 35.0 Å². The number of likely N-dealkylation sites (tertiary alicyclic amines) is 1. The zero-order valence-electron chi connectivity index (χ0n) is 15.6. The van der Waals surface area contributed by atoms with Crippen LogP contribution in [0.5, 0.6) is 0 Å². The van der Waals surface area contributed by atoms with E-state index < -0.39 is 0 Å². The van der Waals surface area contributed by atoms with Gasteiger partial charge in [0.25, 0.3) is 5.56 Å². The lowest BCUT2D eigenvalue weighted by Crippen LogP contribution is -3.13. The van der Waals surface area contributed by atoms with E-state index >= 15 is 0 Å². The number of nitrogens with one attached hydrogen (secondary N) is 1. The van der Waals surface area contributed by atoms with Crippen molar-refractivity contribution in [3.05, 3.63) is 87.6 Å². The molecule has 3 aromatic rings. The number of fused-ring (bicyclic) bond motifs is 4. The fourth-order valence-electron chi connectivity index (χ4n) is 5.01. The van der Waals surface area contributed by atoms with Crippen LogP contribution in [0.1, 0.15) is 23.7 Å². The highest BCUT2D eigenvalue weighted by Crippen LogP contribution is 2.37. The maximum atomic E-state index is 12.6. The van der Waals surface area contributed by atoms with E-state index in [9.17, 15) is 4.79 Å². The topological polar surface area (TPSA) is 39.3 Å². The largest absolute Gasteiger partial charge is 0.329 e. The molecule has 0 amide bonds. The van der Waals surface area contributed by atoms with E-state index in [1.54, 1.807) is 11.0 Å². The molecule has 5 heteroatoms. The van der Waals surface area contributed by atoms with Gasteiger partial charge >= 0.3 is 0 Å². The molecule has 4 heterocycles. The number of nitrogens with zero attached hydrogens (tertiary/aromatic N) is 2. The Labute approximate surface area is 169 Å². The van der Waals surface area contributed by atoms with Gasteiger partial charge in [0.15, 0.2) is 0 Å². The number of benzene rings is 1. The van der Waals surface area contributed by atoms with Crippen molar-refractivity contribution in [3.63, 3.8) is 0 Å². The number of rotatable bonds is 3. The van der Waals surface area contributed by atoms with Crippen molar-refractivity contribution in [3.8, 4) is 11.1 Å². The van der Waals surface area contributed by atoms with Crippen LogP contribution in [0, 0.1) is 5.92 Å². The fourth-order valence-corrected chi connectivity index (χ4v) is 5.14. The zero-order chi connectivity index (χ0) is 19.1. The third kappa shape index (κ3) is 3.27. The van der Waals surface area contributed by atoms with Crippen LogP contribution in [0.15, 0.2) is 65.6 Å². The second-order valence-electron chi connectivity index (χ2n) is 8.04. The molecule has 1 saturated heterocycles. The summed E-state index contributed by atoms with van der Waals surface area (Å²) >= 11 is 6.08. The molecule has 28 heavy (non-hydrogen) atoms. The van der Waals surface area contributed by atoms with Crippen molar-refractivity contribution in [1.82, 2.24) is 9.55 Å². The van der Waals surface area contributed by atoms with Crippen LogP contribution in [0.25, 0.3) is 11.1 Å². The predicted molar refractivity (Wildman–Crippen MR) is 111 cm³/mol. The highest BCUT2D eigenvalue weighted by atomic mass is 35.5. The number of quaternary nitrogens is 1. The normalized spacial score (nSPS) is 23.2. The third-order valence-corrected chi connectivity index (χ3v) is 6.35. The molecular weight excluding hydrogens is 370 g/mol. The van der Waals surface area contributed by atoms with E-state index in [2.05, 4.69) is 29.2 Å². The van der Waals surface area contributed by atoms with Crippen molar-refractivity contribution in [1.29, 1.82) is 0 Å². The van der Waals surface area contributed by atoms with E-state index in [-0.39, 0.29) is 5.56 Å². The summed E-state index contributed by atoms with van der Waals surface area (Å²) in [5.74, 6) is 0.939. The lowest BCUT2D eigenvalue weighted by atomic mass is 9.80. The van der Waals surface area contributed by atoms with Crippen LogP contribution in [0.2, 0.25) is 5.02 Å². The van der Waals surface area contributed by atoms with Crippen molar-refractivity contribution < 1.29 is 4.90 Å². The number of hydrogen-bond donors (Lipinski definition) is 1. The number of hydrogen-bond acceptors (Lipinski definition) is 2. The van der Waals surface area contributed by atoms with E-state index in [0.717, 1.165) is 48.9 Å². The number of aromatic nitrogens is 2. The van der Waals surface area contributed by atoms with Crippen LogP contribution in [0.3, 0.4) is 0 Å². The Hall–Kier alpha value is -2.43. The molecule has 2 aliphatic heterocycles. The molecule has 2 aliphatic rings. The van der Waals surface area contributed by atoms with Gasteiger partial charge in [-0.3, -0.25) is 9.78 Å². The maximum Gasteiger partial charge on any atom is 0.250 e. The van der Waals surface area contributed by atoms with Crippen LogP contribution >= 0.6 is 11.6 Å². The smallest absolute Gasteiger partial charge is 0.250 e. The molecule has 4 nitrogen and oxygen atoms in total. The number of halogens is 1. The van der Waals surface area contributed by atoms with E-state index in [0.29, 0.717) is 11.8 Å². The first-order valence-electron chi connectivity index (χ1n) is 9.90. The molecule has 1 fully saturated rings. The van der Waals surface area contributed by atoms with E-state index in [4.69, 9.17) is 11.6 Å². The van der Waals surface area contributed by atoms with Gasteiger partial charge in [-0.2, -0.15) is 0 Å². The highest BCUT2D eigenvalue weighted by Gasteiger charge is 2.38. The SMILES string of the molecule is O=c1ccc(-c2ccc(Cl)cc2)c2n1C[C@H]1C[C@@H]2C[NH+](Cc2ccccn2)C1. The molecule has 142 valence electrons. The molecular formula is C23H23ClN3O+. The molecule has 2 aromatic heterocycles. The average Bonchev–Trinajstić information content (AvgIpc) is 2.70. The first-order valence-corrected chi connectivity index (χ1v) is 10.3. The number of piperidine rings is 1. The Balaban J connectivity index is 1.51. The average molecular weight is 393 g/mol. The second kappa shape index (κ2) is 7.19. The van der Waals surface area contributed by atoms with Gasteiger partial charge in [-0.05, 0) is 42.3 Å². The Morgan fingerprint density at radius 1 is 1.07 bits per heavy atom. The van der Waals surface area contributed by atoms with Crippen LogP contribution in [0.4, 0.5) is 0 Å². The van der Waals surface area contributed by atoms with Gasteiger partial charge in [-0.1, -0.05) is 29.8 Å². The summed E-state index contributed by atoms with van der Waals surface area (Å²) in [6, 6.07) is 17.8. The summed E-state index contributed by atoms with van der Waals surface area (Å²) < 4.78 is 2.03. The molecule has 0 radical (unpaired) electrons. The van der Waals surface area contributed by atoms with Crippen molar-refractivity contribution in [2.45, 2.75) is 25.4 Å². The first kappa shape index (κ1) is 17.7. The van der Waals surface area contributed by atoms with Crippen molar-refractivity contribution in [2.24, 2.45) is 5.92 Å². The van der Waals surface area contributed by atoms with Crippen LogP contribution in [-0.4, -0.2) is 22.6 Å². The molecule has 1 aromatic carbocycles. The molecule has 5 rings (SSSR count). The maximum absolute atomic E-state index is 12.6. The van der Waals surface area contributed by atoms with Gasteiger partial charge in [-0.25, -0.2) is 0 Å². The second-order valence-corrected chi connectivity index (χ2v) is 8.48. The van der Waals surface area contributed by atoms with Gasteiger partial charge in [0.2, 0.25) is 0 Å². The molecule has 2 bridgehead atoms. The lowest BCUT2D eigenvalue weighted by molar-refractivity contribution is -0.924. The minimum atomic E-state index is 0.121. The Morgan fingerprint density at radius 3 is 2.71 bits per heavy atom. The molecule has 0 saturated carbocycles. The van der Waals surface area contributed by atoms with E-state index in [1.165, 1.54) is 11.3 Å². The van der Waals surface area contributed by atoms with Gasteiger partial charge in [0.05, 0.1) is 18.8 Å². The Morgan fingerprint density at radius 2 is 1.93 bits per heavy atom. The summed E-state index contributed by atoms with van der Waals surface area (Å²) in [6.45, 7) is 3.90. The molecule has 0 aliphatic carbocycles. The van der Waals surface area contributed by atoms with Crippen molar-refractivity contribution in [2.75, 3.05) is 13.1 Å². The summed E-state index contributed by atoms with van der Waals surface area (Å²) in [4.78, 5) is 18.7. The quantitative estimate of drug-likeness (QED) is 0.744. The summed E-state index contributed by atoms with van der Waals surface area (Å²) in [5, 5.41) is 0.731. The fraction of sp³-hybridized carbons (Fsp3) is 0.304. The lowest BCUT2D eigenvalue weighted by Gasteiger charge is -2.41. The summed E-state index contributed by atoms with van der Waals surface area (Å²) in [6.07, 6.45) is 3.03. The highest BCUT2D eigenvalue weighted by molar-refractivity contribution is 6.30. The number of pyridine rings is 2.